The number of hydrogen-bond donors (Lipinski definition) is 0. The molecule has 2 rings (SSSR count). The van der Waals surface area contributed by atoms with Gasteiger partial charge in [-0.3, -0.25) is 0 Å². The number of benzene rings is 1. The Morgan fingerprint density at radius 1 is 1.19 bits per heavy atom. The smallest absolute Gasteiger partial charge is 0.417 e. The first-order valence-corrected chi connectivity index (χ1v) is 7.72. The van der Waals surface area contributed by atoms with Crippen LogP contribution in [0.2, 0.25) is 0 Å². The van der Waals surface area contributed by atoms with Crippen LogP contribution in [0.15, 0.2) is 27.9 Å². The van der Waals surface area contributed by atoms with Crippen LogP contribution in [0.3, 0.4) is 0 Å². The van der Waals surface area contributed by atoms with Crippen molar-refractivity contribution in [3.8, 4) is 0 Å². The Hall–Kier alpha value is -2.14. The molecule has 0 N–H and O–H groups in total. The summed E-state index contributed by atoms with van der Waals surface area (Å²) in [6.45, 7) is -0.720. The standard InChI is InChI=1S/C15H12BrF4NO5/c1-24-13(22)8-5-26-6-21(12(8)14(23)25-2)7-3-9(15(18,19)20)11(16)10(17)4-7/h3-4H,5-6H2,1-2H3. The molecule has 0 amide bonds. The summed E-state index contributed by atoms with van der Waals surface area (Å²) in [6.07, 6.45) is -4.85. The largest absolute Gasteiger partial charge is 0.466 e. The lowest BCUT2D eigenvalue weighted by molar-refractivity contribution is -0.140. The van der Waals surface area contributed by atoms with Gasteiger partial charge in [-0.2, -0.15) is 13.2 Å². The predicted molar refractivity (Wildman–Crippen MR) is 83.5 cm³/mol. The quantitative estimate of drug-likeness (QED) is 0.530. The van der Waals surface area contributed by atoms with Crippen LogP contribution in [0.1, 0.15) is 5.56 Å². The summed E-state index contributed by atoms with van der Waals surface area (Å²) in [4.78, 5) is 24.9. The minimum Gasteiger partial charge on any atom is -0.466 e. The maximum absolute atomic E-state index is 14.0. The lowest BCUT2D eigenvalue weighted by Crippen LogP contribution is -2.39. The van der Waals surface area contributed by atoms with Crippen LogP contribution in [0.5, 0.6) is 0 Å². The van der Waals surface area contributed by atoms with E-state index in [-0.39, 0.29) is 23.6 Å². The Morgan fingerprint density at radius 3 is 2.35 bits per heavy atom. The van der Waals surface area contributed by atoms with Gasteiger partial charge in [0.2, 0.25) is 0 Å². The third kappa shape index (κ3) is 3.83. The molecule has 0 atom stereocenters. The molecule has 26 heavy (non-hydrogen) atoms. The summed E-state index contributed by atoms with van der Waals surface area (Å²) >= 11 is 2.56. The number of nitrogens with zero attached hydrogens (tertiary/aromatic N) is 1. The molecule has 1 aromatic carbocycles. The lowest BCUT2D eigenvalue weighted by atomic mass is 10.1. The van der Waals surface area contributed by atoms with E-state index in [0.717, 1.165) is 25.2 Å². The molecule has 1 aromatic rings. The van der Waals surface area contributed by atoms with Crippen LogP contribution in [-0.2, 0) is 30.0 Å². The summed E-state index contributed by atoms with van der Waals surface area (Å²) in [5.41, 5.74) is -2.29. The second kappa shape index (κ2) is 7.62. The van der Waals surface area contributed by atoms with E-state index in [1.807, 2.05) is 0 Å². The monoisotopic (exact) mass is 441 g/mol. The normalized spacial score (nSPS) is 15.1. The maximum atomic E-state index is 14.0. The molecular weight excluding hydrogens is 430 g/mol. The second-order valence-electron chi connectivity index (χ2n) is 5.00. The number of ether oxygens (including phenoxy) is 3. The Kier molecular flexibility index (Phi) is 5.91. The molecule has 1 aliphatic rings. The van der Waals surface area contributed by atoms with E-state index in [0.29, 0.717) is 6.07 Å². The number of carbonyl (C=O) groups excluding carboxylic acids is 2. The molecular formula is C15H12BrF4NO5. The van der Waals surface area contributed by atoms with Crippen LogP contribution in [0, 0.1) is 5.82 Å². The number of hydrogen-bond acceptors (Lipinski definition) is 6. The number of halogens is 5. The van der Waals surface area contributed by atoms with E-state index in [1.165, 1.54) is 0 Å². The van der Waals surface area contributed by atoms with Crippen molar-refractivity contribution in [1.29, 1.82) is 0 Å². The molecule has 0 fully saturated rings. The van der Waals surface area contributed by atoms with E-state index in [9.17, 15) is 27.2 Å². The molecule has 0 aliphatic carbocycles. The zero-order chi connectivity index (χ0) is 19.6. The number of methoxy groups -OCH3 is 2. The van der Waals surface area contributed by atoms with Gasteiger partial charge < -0.3 is 19.1 Å². The van der Waals surface area contributed by atoms with Crippen molar-refractivity contribution in [2.45, 2.75) is 6.18 Å². The molecule has 0 aromatic heterocycles. The molecule has 0 unspecified atom stereocenters. The average Bonchev–Trinajstić information content (AvgIpc) is 2.60. The second-order valence-corrected chi connectivity index (χ2v) is 5.80. The predicted octanol–water partition coefficient (Wildman–Crippen LogP) is 3.00. The summed E-state index contributed by atoms with van der Waals surface area (Å²) < 4.78 is 66.9. The van der Waals surface area contributed by atoms with Gasteiger partial charge in [0.15, 0.2) is 0 Å². The van der Waals surface area contributed by atoms with Crippen LogP contribution >= 0.6 is 15.9 Å². The summed E-state index contributed by atoms with van der Waals surface area (Å²) in [5.74, 6) is -3.14. The molecule has 0 saturated carbocycles. The van der Waals surface area contributed by atoms with Gasteiger partial charge in [-0.1, -0.05) is 0 Å². The minimum absolute atomic E-state index is 0.262. The lowest BCUT2D eigenvalue weighted by Gasteiger charge is -2.31. The fraction of sp³-hybridized carbons (Fsp3) is 0.333. The zero-order valence-corrected chi connectivity index (χ0v) is 15.0. The van der Waals surface area contributed by atoms with Gasteiger partial charge in [-0.25, -0.2) is 14.0 Å². The van der Waals surface area contributed by atoms with E-state index < -0.39 is 40.7 Å². The van der Waals surface area contributed by atoms with Gasteiger partial charge in [-0.15, -0.1) is 0 Å². The highest BCUT2D eigenvalue weighted by molar-refractivity contribution is 9.10. The number of alkyl halides is 3. The van der Waals surface area contributed by atoms with Gasteiger partial charge >= 0.3 is 18.1 Å². The number of esters is 2. The number of carbonyl (C=O) groups is 2. The van der Waals surface area contributed by atoms with Crippen LogP contribution in [0.25, 0.3) is 0 Å². The Labute approximate surface area is 153 Å². The van der Waals surface area contributed by atoms with Crippen molar-refractivity contribution in [2.75, 3.05) is 32.5 Å². The van der Waals surface area contributed by atoms with E-state index in [1.54, 1.807) is 0 Å². The Balaban J connectivity index is 2.67. The van der Waals surface area contributed by atoms with Crippen molar-refractivity contribution >= 4 is 33.6 Å². The zero-order valence-electron chi connectivity index (χ0n) is 13.4. The molecule has 0 radical (unpaired) electrons. The van der Waals surface area contributed by atoms with Crippen molar-refractivity contribution in [3.05, 3.63) is 39.3 Å². The molecule has 11 heteroatoms. The van der Waals surface area contributed by atoms with Gasteiger partial charge in [0.1, 0.15) is 18.2 Å². The van der Waals surface area contributed by atoms with Crippen molar-refractivity contribution in [2.24, 2.45) is 0 Å². The highest BCUT2D eigenvalue weighted by Crippen LogP contribution is 2.40. The van der Waals surface area contributed by atoms with Crippen molar-refractivity contribution in [3.63, 3.8) is 0 Å². The van der Waals surface area contributed by atoms with Crippen LogP contribution in [-0.4, -0.2) is 39.5 Å². The first-order valence-electron chi connectivity index (χ1n) is 6.93. The van der Waals surface area contributed by atoms with Gasteiger partial charge in [-0.05, 0) is 28.1 Å². The average molecular weight is 442 g/mol. The van der Waals surface area contributed by atoms with Gasteiger partial charge in [0.25, 0.3) is 0 Å². The van der Waals surface area contributed by atoms with Gasteiger partial charge in [0, 0.05) is 5.69 Å². The minimum atomic E-state index is -4.85. The SMILES string of the molecule is COC(=O)C1=C(C(=O)OC)N(c2cc(F)c(Br)c(C(F)(F)F)c2)COC1. The molecule has 1 heterocycles. The van der Waals surface area contributed by atoms with Gasteiger partial charge in [0.05, 0.1) is 36.4 Å². The Morgan fingerprint density at radius 2 is 1.81 bits per heavy atom. The molecule has 0 bridgehead atoms. The first-order chi connectivity index (χ1) is 12.1. The topological polar surface area (TPSA) is 65.1 Å². The highest BCUT2D eigenvalue weighted by atomic mass is 79.9. The fourth-order valence-electron chi connectivity index (χ4n) is 2.28. The maximum Gasteiger partial charge on any atom is 0.417 e. The van der Waals surface area contributed by atoms with Crippen molar-refractivity contribution in [1.82, 2.24) is 0 Å². The van der Waals surface area contributed by atoms with Crippen LogP contribution in [0.4, 0.5) is 23.2 Å². The summed E-state index contributed by atoms with van der Waals surface area (Å²) in [7, 11) is 2.09. The molecule has 142 valence electrons. The number of rotatable bonds is 3. The molecule has 6 nitrogen and oxygen atoms in total. The first kappa shape index (κ1) is 20.2. The number of anilines is 1. The van der Waals surface area contributed by atoms with E-state index in [2.05, 4.69) is 25.4 Å². The third-order valence-corrected chi connectivity index (χ3v) is 4.27. The van der Waals surface area contributed by atoms with Crippen molar-refractivity contribution < 1.29 is 41.4 Å². The summed E-state index contributed by atoms with van der Waals surface area (Å²) in [6, 6.07) is 1.39. The molecule has 1 aliphatic heterocycles. The Bertz CT molecular complexity index is 778. The molecule has 0 spiro atoms. The molecule has 0 saturated heterocycles. The van der Waals surface area contributed by atoms with E-state index >= 15 is 0 Å². The highest BCUT2D eigenvalue weighted by Gasteiger charge is 2.37. The fourth-order valence-corrected chi connectivity index (χ4v) is 2.74. The van der Waals surface area contributed by atoms with E-state index in [4.69, 9.17) is 4.74 Å². The summed E-state index contributed by atoms with van der Waals surface area (Å²) in [5, 5.41) is 0. The third-order valence-electron chi connectivity index (χ3n) is 3.46. The van der Waals surface area contributed by atoms with Crippen LogP contribution < -0.4 is 4.90 Å².